The summed E-state index contributed by atoms with van der Waals surface area (Å²) >= 11 is 0. The smallest absolute Gasteiger partial charge is 0.326 e. The predicted octanol–water partition coefficient (Wildman–Crippen LogP) is 0.435. The van der Waals surface area contributed by atoms with Crippen LogP contribution in [-0.4, -0.2) is 40.8 Å². The Bertz CT molecular complexity index is 1360. The lowest BCUT2D eigenvalue weighted by Crippen LogP contribution is -2.19. The van der Waals surface area contributed by atoms with Gasteiger partial charge in [-0.1, -0.05) is 0 Å². The second-order valence-electron chi connectivity index (χ2n) is 6.73. The number of aromatic nitrogens is 5. The number of hydrogen-bond donors (Lipinski definition) is 4. The Morgan fingerprint density at radius 2 is 1.96 bits per heavy atom. The first-order chi connectivity index (χ1) is 13.6. The van der Waals surface area contributed by atoms with Crippen LogP contribution in [0.4, 0.5) is 0 Å². The number of phenolic OH excluding ortho intramolecular Hbond substituents is 1. The Balaban J connectivity index is 1.77. The Hall–Kier alpha value is -3.88. The molecular weight excluding hydrogens is 360 g/mol. The van der Waals surface area contributed by atoms with Gasteiger partial charge in [-0.2, -0.15) is 9.61 Å². The van der Waals surface area contributed by atoms with Crippen molar-refractivity contribution in [3.05, 3.63) is 63.4 Å². The SMILES string of the molecule is O=c1[nH]c(O)c(/C=c2/cnn3c(=NC4CC4)cc(-c4ccc(O)cc4)nc23)[nH]1. The Morgan fingerprint density at radius 3 is 2.64 bits per heavy atom. The van der Waals surface area contributed by atoms with E-state index >= 15 is 0 Å². The van der Waals surface area contributed by atoms with Crippen LogP contribution in [0, 0.1) is 0 Å². The monoisotopic (exact) mass is 376 g/mol. The van der Waals surface area contributed by atoms with Crippen LogP contribution in [0.2, 0.25) is 0 Å². The van der Waals surface area contributed by atoms with Gasteiger partial charge in [0.2, 0.25) is 5.88 Å². The summed E-state index contributed by atoms with van der Waals surface area (Å²) < 4.78 is 1.65. The molecule has 3 aromatic heterocycles. The highest BCUT2D eigenvalue weighted by Gasteiger charge is 2.20. The van der Waals surface area contributed by atoms with Crippen LogP contribution >= 0.6 is 0 Å². The van der Waals surface area contributed by atoms with Crippen LogP contribution in [0.25, 0.3) is 23.0 Å². The number of nitrogens with one attached hydrogen (secondary N) is 2. The molecule has 9 nitrogen and oxygen atoms in total. The third-order valence-corrected chi connectivity index (χ3v) is 4.54. The van der Waals surface area contributed by atoms with Crippen molar-refractivity contribution in [3.63, 3.8) is 0 Å². The Kier molecular flexibility index (Phi) is 3.54. The average molecular weight is 376 g/mol. The van der Waals surface area contributed by atoms with Gasteiger partial charge in [-0.25, -0.2) is 9.78 Å². The number of hydrogen-bond acceptors (Lipinski definition) is 6. The molecule has 1 aromatic carbocycles. The van der Waals surface area contributed by atoms with Crippen molar-refractivity contribution in [3.8, 4) is 22.9 Å². The molecule has 5 rings (SSSR count). The fourth-order valence-corrected chi connectivity index (χ4v) is 2.98. The normalized spacial score (nSPS) is 15.6. The molecule has 4 aromatic rings. The molecular formula is C19H16N6O3. The fraction of sp³-hybridized carbons (Fsp3) is 0.158. The Morgan fingerprint density at radius 1 is 1.18 bits per heavy atom. The van der Waals surface area contributed by atoms with E-state index in [4.69, 9.17) is 9.98 Å². The summed E-state index contributed by atoms with van der Waals surface area (Å²) in [5, 5.41) is 24.4. The second-order valence-corrected chi connectivity index (χ2v) is 6.73. The highest BCUT2D eigenvalue weighted by atomic mass is 16.3. The van der Waals surface area contributed by atoms with Crippen molar-refractivity contribution < 1.29 is 10.2 Å². The van der Waals surface area contributed by atoms with E-state index in [-0.39, 0.29) is 17.3 Å². The maximum atomic E-state index is 11.4. The van der Waals surface area contributed by atoms with Crippen molar-refractivity contribution in [2.75, 3.05) is 0 Å². The van der Waals surface area contributed by atoms with Crippen molar-refractivity contribution in [1.82, 2.24) is 24.6 Å². The van der Waals surface area contributed by atoms with Crippen molar-refractivity contribution in [1.29, 1.82) is 0 Å². The molecule has 1 fully saturated rings. The summed E-state index contributed by atoms with van der Waals surface area (Å²) in [6.07, 6.45) is 5.32. The molecule has 0 amide bonds. The minimum absolute atomic E-state index is 0.179. The van der Waals surface area contributed by atoms with E-state index in [2.05, 4.69) is 15.1 Å². The summed E-state index contributed by atoms with van der Waals surface area (Å²) in [4.78, 5) is 25.6. The molecule has 1 aliphatic carbocycles. The average Bonchev–Trinajstić information content (AvgIpc) is 3.31. The standard InChI is InChI=1S/C19H16N6O3/c26-13-5-1-10(2-6-13)14-8-16(21-12-3-4-12)25-17(22-14)11(9-20-25)7-15-18(27)24-19(28)23-15/h1-2,5-9,12,26-27H,3-4H2,(H2,23,24,28)/b11-7-,21-16?. The van der Waals surface area contributed by atoms with Crippen LogP contribution < -0.4 is 16.4 Å². The summed E-state index contributed by atoms with van der Waals surface area (Å²) in [7, 11) is 0. The van der Waals surface area contributed by atoms with Crippen LogP contribution in [0.5, 0.6) is 11.6 Å². The molecule has 140 valence electrons. The number of benzene rings is 1. The van der Waals surface area contributed by atoms with Gasteiger partial charge in [0.05, 0.1) is 17.9 Å². The molecule has 0 aliphatic heterocycles. The maximum Gasteiger partial charge on any atom is 0.326 e. The first-order valence-corrected chi connectivity index (χ1v) is 8.82. The fourth-order valence-electron chi connectivity index (χ4n) is 2.98. The van der Waals surface area contributed by atoms with E-state index in [9.17, 15) is 15.0 Å². The third kappa shape index (κ3) is 2.92. The van der Waals surface area contributed by atoms with E-state index in [1.807, 2.05) is 6.07 Å². The molecule has 1 saturated carbocycles. The quantitative estimate of drug-likeness (QED) is 0.412. The van der Waals surface area contributed by atoms with Crippen molar-refractivity contribution in [2.24, 2.45) is 4.99 Å². The van der Waals surface area contributed by atoms with E-state index in [1.165, 1.54) is 0 Å². The van der Waals surface area contributed by atoms with E-state index in [0.29, 0.717) is 28.1 Å². The molecule has 0 saturated heterocycles. The minimum atomic E-state index is -0.498. The molecule has 4 N–H and O–H groups in total. The first kappa shape index (κ1) is 16.3. The summed E-state index contributed by atoms with van der Waals surface area (Å²) in [5.41, 5.74) is 2.50. The highest BCUT2D eigenvalue weighted by molar-refractivity contribution is 5.64. The zero-order chi connectivity index (χ0) is 19.3. The first-order valence-electron chi connectivity index (χ1n) is 8.82. The molecule has 0 unspecified atom stereocenters. The largest absolute Gasteiger partial charge is 0.508 e. The van der Waals surface area contributed by atoms with Crippen molar-refractivity contribution >= 4 is 11.7 Å². The zero-order valence-electron chi connectivity index (χ0n) is 14.6. The zero-order valence-corrected chi connectivity index (χ0v) is 14.6. The van der Waals surface area contributed by atoms with Gasteiger partial charge in [-0.3, -0.25) is 9.98 Å². The molecule has 0 bridgehead atoms. The number of aromatic hydroxyl groups is 2. The van der Waals surface area contributed by atoms with Crippen LogP contribution in [-0.2, 0) is 0 Å². The molecule has 3 heterocycles. The lowest BCUT2D eigenvalue weighted by molar-refractivity contribution is 0.454. The van der Waals surface area contributed by atoms with Gasteiger partial charge in [0.1, 0.15) is 11.4 Å². The number of fused-ring (bicyclic) bond motifs is 1. The molecule has 0 spiro atoms. The van der Waals surface area contributed by atoms with E-state index in [1.54, 1.807) is 41.1 Å². The summed E-state index contributed by atoms with van der Waals surface area (Å²) in [6, 6.07) is 8.93. The van der Waals surface area contributed by atoms with Gasteiger partial charge in [-0.15, -0.1) is 0 Å². The second kappa shape index (κ2) is 6.08. The van der Waals surface area contributed by atoms with E-state index in [0.717, 1.165) is 18.4 Å². The molecule has 1 aliphatic rings. The molecule has 9 heteroatoms. The Labute approximate surface area is 157 Å². The minimum Gasteiger partial charge on any atom is -0.508 e. The van der Waals surface area contributed by atoms with Gasteiger partial charge in [0.15, 0.2) is 11.1 Å². The number of imidazole rings is 1. The van der Waals surface area contributed by atoms with Crippen LogP contribution in [0.15, 0.2) is 46.3 Å². The maximum absolute atomic E-state index is 11.4. The lowest BCUT2D eigenvalue weighted by Gasteiger charge is -2.03. The molecule has 28 heavy (non-hydrogen) atoms. The number of rotatable bonds is 3. The highest BCUT2D eigenvalue weighted by Crippen LogP contribution is 2.23. The van der Waals surface area contributed by atoms with Gasteiger partial charge in [0, 0.05) is 16.8 Å². The van der Waals surface area contributed by atoms with Gasteiger partial charge < -0.3 is 15.2 Å². The van der Waals surface area contributed by atoms with Crippen LogP contribution in [0.1, 0.15) is 18.5 Å². The number of nitrogens with zero attached hydrogens (tertiary/aromatic N) is 4. The molecule has 0 radical (unpaired) electrons. The van der Waals surface area contributed by atoms with Gasteiger partial charge in [-0.05, 0) is 43.2 Å². The van der Waals surface area contributed by atoms with E-state index < -0.39 is 5.69 Å². The predicted molar refractivity (Wildman–Crippen MR) is 101 cm³/mol. The lowest BCUT2D eigenvalue weighted by atomic mass is 10.1. The number of aromatic amines is 2. The summed E-state index contributed by atoms with van der Waals surface area (Å²) in [6.45, 7) is 0. The number of phenols is 1. The molecule has 0 atom stereocenters. The van der Waals surface area contributed by atoms with Gasteiger partial charge in [0.25, 0.3) is 0 Å². The summed E-state index contributed by atoms with van der Waals surface area (Å²) in [5.74, 6) is -0.0695. The number of H-pyrrole nitrogens is 2. The van der Waals surface area contributed by atoms with Crippen LogP contribution in [0.3, 0.4) is 0 Å². The van der Waals surface area contributed by atoms with Gasteiger partial charge >= 0.3 is 5.69 Å². The third-order valence-electron chi connectivity index (χ3n) is 4.54. The van der Waals surface area contributed by atoms with Crippen molar-refractivity contribution in [2.45, 2.75) is 18.9 Å². The topological polar surface area (TPSA) is 132 Å².